The Morgan fingerprint density at radius 1 is 1.28 bits per heavy atom. The van der Waals surface area contributed by atoms with Crippen molar-refractivity contribution in [3.05, 3.63) is 35.4 Å². The van der Waals surface area contributed by atoms with E-state index >= 15 is 0 Å². The van der Waals surface area contributed by atoms with Gasteiger partial charge in [0.1, 0.15) is 11.6 Å². The third-order valence-corrected chi connectivity index (χ3v) is 4.04. The van der Waals surface area contributed by atoms with E-state index in [0.717, 1.165) is 18.8 Å². The molecule has 3 heteroatoms. The molecule has 0 aliphatic heterocycles. The highest BCUT2D eigenvalue weighted by atomic mass is 19.1. The van der Waals surface area contributed by atoms with Gasteiger partial charge in [-0.3, -0.25) is 0 Å². The number of hydrogen-bond donors (Lipinski definition) is 1. The molecule has 0 aromatic heterocycles. The molecule has 1 aromatic carbocycles. The first kappa shape index (κ1) is 13.5. The SMILES string of the molecule is CCC1CCC(NC(C)c2c(F)cccc2F)C1. The van der Waals surface area contributed by atoms with Gasteiger partial charge in [-0.1, -0.05) is 19.4 Å². The molecule has 0 bridgehead atoms. The summed E-state index contributed by atoms with van der Waals surface area (Å²) in [6.07, 6.45) is 4.65. The highest BCUT2D eigenvalue weighted by Gasteiger charge is 2.26. The smallest absolute Gasteiger partial charge is 0.130 e. The van der Waals surface area contributed by atoms with Crippen LogP contribution in [0.5, 0.6) is 0 Å². The molecular weight excluding hydrogens is 232 g/mol. The normalized spacial score (nSPS) is 25.3. The standard InChI is InChI=1S/C15H21F2N/c1-3-11-7-8-12(9-11)18-10(2)15-13(16)5-4-6-14(15)17/h4-6,10-12,18H,3,7-9H2,1-2H3. The van der Waals surface area contributed by atoms with Gasteiger partial charge in [0.25, 0.3) is 0 Å². The fourth-order valence-electron chi connectivity index (χ4n) is 2.96. The summed E-state index contributed by atoms with van der Waals surface area (Å²) in [7, 11) is 0. The summed E-state index contributed by atoms with van der Waals surface area (Å²) in [6.45, 7) is 4.04. The molecular formula is C15H21F2N. The molecule has 1 aliphatic carbocycles. The van der Waals surface area contributed by atoms with Crippen molar-refractivity contribution < 1.29 is 8.78 Å². The first-order valence-corrected chi connectivity index (χ1v) is 6.81. The average molecular weight is 253 g/mol. The number of rotatable bonds is 4. The van der Waals surface area contributed by atoms with Gasteiger partial charge in [0, 0.05) is 17.6 Å². The third-order valence-electron chi connectivity index (χ3n) is 4.04. The predicted molar refractivity (Wildman–Crippen MR) is 69.3 cm³/mol. The van der Waals surface area contributed by atoms with Crippen LogP contribution < -0.4 is 5.32 Å². The lowest BCUT2D eigenvalue weighted by atomic mass is 10.0. The molecule has 2 rings (SSSR count). The lowest BCUT2D eigenvalue weighted by Crippen LogP contribution is -2.30. The number of benzene rings is 1. The Morgan fingerprint density at radius 3 is 2.50 bits per heavy atom. The zero-order valence-electron chi connectivity index (χ0n) is 11.0. The van der Waals surface area contributed by atoms with Crippen molar-refractivity contribution in [1.82, 2.24) is 5.32 Å². The van der Waals surface area contributed by atoms with Gasteiger partial charge >= 0.3 is 0 Å². The molecule has 1 nitrogen and oxygen atoms in total. The van der Waals surface area contributed by atoms with Crippen LogP contribution in [0.4, 0.5) is 8.78 Å². The van der Waals surface area contributed by atoms with Gasteiger partial charge in [-0.2, -0.15) is 0 Å². The lowest BCUT2D eigenvalue weighted by Gasteiger charge is -2.21. The van der Waals surface area contributed by atoms with E-state index in [9.17, 15) is 8.78 Å². The minimum atomic E-state index is -0.458. The van der Waals surface area contributed by atoms with Gasteiger partial charge in [-0.25, -0.2) is 8.78 Å². The molecule has 3 unspecified atom stereocenters. The second kappa shape index (κ2) is 5.79. The molecule has 1 aliphatic rings. The van der Waals surface area contributed by atoms with Crippen LogP contribution in [0.1, 0.15) is 51.1 Å². The Bertz CT molecular complexity index is 385. The Hall–Kier alpha value is -0.960. The first-order valence-electron chi connectivity index (χ1n) is 6.81. The van der Waals surface area contributed by atoms with Crippen LogP contribution in [0.3, 0.4) is 0 Å². The van der Waals surface area contributed by atoms with Crippen LogP contribution in [-0.2, 0) is 0 Å². The summed E-state index contributed by atoms with van der Waals surface area (Å²) >= 11 is 0. The van der Waals surface area contributed by atoms with E-state index in [4.69, 9.17) is 0 Å². The largest absolute Gasteiger partial charge is 0.307 e. The Morgan fingerprint density at radius 2 is 1.94 bits per heavy atom. The minimum absolute atomic E-state index is 0.164. The van der Waals surface area contributed by atoms with Gasteiger partial charge in [-0.15, -0.1) is 0 Å². The molecule has 100 valence electrons. The van der Waals surface area contributed by atoms with Crippen LogP contribution in [0.2, 0.25) is 0 Å². The summed E-state index contributed by atoms with van der Waals surface area (Å²) in [6, 6.07) is 4.17. The Labute approximate surface area is 108 Å². The summed E-state index contributed by atoms with van der Waals surface area (Å²) in [5, 5.41) is 3.36. The second-order valence-electron chi connectivity index (χ2n) is 5.31. The van der Waals surface area contributed by atoms with E-state index < -0.39 is 11.6 Å². The minimum Gasteiger partial charge on any atom is -0.307 e. The lowest BCUT2D eigenvalue weighted by molar-refractivity contribution is 0.415. The highest BCUT2D eigenvalue weighted by molar-refractivity contribution is 5.23. The van der Waals surface area contributed by atoms with Gasteiger partial charge < -0.3 is 5.32 Å². The van der Waals surface area contributed by atoms with Crippen LogP contribution in [0, 0.1) is 17.6 Å². The fraction of sp³-hybridized carbons (Fsp3) is 0.600. The van der Waals surface area contributed by atoms with Gasteiger partial charge in [-0.05, 0) is 44.2 Å². The van der Waals surface area contributed by atoms with Crippen LogP contribution in [0.25, 0.3) is 0 Å². The first-order chi connectivity index (χ1) is 8.61. The van der Waals surface area contributed by atoms with E-state index in [0.29, 0.717) is 6.04 Å². The predicted octanol–water partition coefficient (Wildman–Crippen LogP) is 4.19. The zero-order valence-corrected chi connectivity index (χ0v) is 11.0. The second-order valence-corrected chi connectivity index (χ2v) is 5.31. The fourth-order valence-corrected chi connectivity index (χ4v) is 2.96. The Kier molecular flexibility index (Phi) is 4.33. The maximum absolute atomic E-state index is 13.6. The molecule has 0 spiro atoms. The monoisotopic (exact) mass is 253 g/mol. The summed E-state index contributed by atoms with van der Waals surface area (Å²) in [4.78, 5) is 0. The van der Waals surface area contributed by atoms with E-state index in [1.807, 2.05) is 6.92 Å². The molecule has 1 aromatic rings. The molecule has 0 amide bonds. The number of halogens is 2. The van der Waals surface area contributed by atoms with E-state index in [2.05, 4.69) is 12.2 Å². The van der Waals surface area contributed by atoms with E-state index in [1.165, 1.54) is 31.0 Å². The topological polar surface area (TPSA) is 12.0 Å². The number of nitrogens with one attached hydrogen (secondary N) is 1. The zero-order chi connectivity index (χ0) is 13.1. The van der Waals surface area contributed by atoms with E-state index in [1.54, 1.807) is 0 Å². The van der Waals surface area contributed by atoms with Crippen molar-refractivity contribution in [3.63, 3.8) is 0 Å². The van der Waals surface area contributed by atoms with Crippen LogP contribution in [0.15, 0.2) is 18.2 Å². The van der Waals surface area contributed by atoms with Gasteiger partial charge in [0.15, 0.2) is 0 Å². The molecule has 0 heterocycles. The third kappa shape index (κ3) is 2.89. The van der Waals surface area contributed by atoms with Crippen molar-refractivity contribution in [2.24, 2.45) is 5.92 Å². The maximum Gasteiger partial charge on any atom is 0.130 e. The summed E-state index contributed by atoms with van der Waals surface area (Å²) in [5.41, 5.74) is 0.164. The van der Waals surface area contributed by atoms with Crippen LogP contribution >= 0.6 is 0 Å². The molecule has 1 N–H and O–H groups in total. The Balaban J connectivity index is 2.02. The van der Waals surface area contributed by atoms with Gasteiger partial charge in [0.05, 0.1) is 0 Å². The van der Waals surface area contributed by atoms with Gasteiger partial charge in [0.2, 0.25) is 0 Å². The molecule has 1 saturated carbocycles. The molecule has 3 atom stereocenters. The molecule has 0 radical (unpaired) electrons. The van der Waals surface area contributed by atoms with Crippen molar-refractivity contribution >= 4 is 0 Å². The molecule has 1 fully saturated rings. The number of hydrogen-bond acceptors (Lipinski definition) is 1. The maximum atomic E-state index is 13.6. The van der Waals surface area contributed by atoms with Crippen molar-refractivity contribution in [2.75, 3.05) is 0 Å². The van der Waals surface area contributed by atoms with Crippen molar-refractivity contribution in [3.8, 4) is 0 Å². The highest BCUT2D eigenvalue weighted by Crippen LogP contribution is 2.30. The van der Waals surface area contributed by atoms with Crippen molar-refractivity contribution in [1.29, 1.82) is 0 Å². The summed E-state index contributed by atoms with van der Waals surface area (Å²) < 4.78 is 27.3. The average Bonchev–Trinajstić information content (AvgIpc) is 2.76. The van der Waals surface area contributed by atoms with E-state index in [-0.39, 0.29) is 11.6 Å². The van der Waals surface area contributed by atoms with Crippen molar-refractivity contribution in [2.45, 2.75) is 51.6 Å². The van der Waals surface area contributed by atoms with Crippen LogP contribution in [-0.4, -0.2) is 6.04 Å². The quantitative estimate of drug-likeness (QED) is 0.848. The molecule has 0 saturated heterocycles. The summed E-state index contributed by atoms with van der Waals surface area (Å²) in [5.74, 6) is -0.153. The molecule has 18 heavy (non-hydrogen) atoms.